The molecule has 2 heterocycles. The quantitative estimate of drug-likeness (QED) is 0.451. The summed E-state index contributed by atoms with van der Waals surface area (Å²) in [6.45, 7) is -1.32. The highest BCUT2D eigenvalue weighted by molar-refractivity contribution is 7.71. The summed E-state index contributed by atoms with van der Waals surface area (Å²) in [5.41, 5.74) is -2.48. The minimum Gasteiger partial charge on any atom is -0.493 e. The highest BCUT2D eigenvalue weighted by Crippen LogP contribution is 2.38. The van der Waals surface area contributed by atoms with E-state index in [0.29, 0.717) is 6.07 Å². The average molecular weight is 447 g/mol. The van der Waals surface area contributed by atoms with Crippen molar-refractivity contribution < 1.29 is 31.4 Å². The van der Waals surface area contributed by atoms with Crippen LogP contribution in [0.3, 0.4) is 0 Å². The summed E-state index contributed by atoms with van der Waals surface area (Å²) >= 11 is 5.04. The first-order chi connectivity index (χ1) is 14.1. The van der Waals surface area contributed by atoms with E-state index in [1.165, 1.54) is 23.8 Å². The second kappa shape index (κ2) is 8.01. The van der Waals surface area contributed by atoms with Crippen LogP contribution in [0.25, 0.3) is 22.3 Å². The van der Waals surface area contributed by atoms with Crippen molar-refractivity contribution in [2.75, 3.05) is 7.11 Å². The van der Waals surface area contributed by atoms with Gasteiger partial charge in [0, 0.05) is 12.1 Å². The van der Waals surface area contributed by atoms with E-state index in [-0.39, 0.29) is 39.7 Å². The van der Waals surface area contributed by atoms with Crippen LogP contribution < -0.4 is 15.0 Å². The standard InChI is InChI=1S/C18H14F5N3O3S/c1-3-26-14-13(15(27)25-17(26)30)9(18(21,22)23)7-10(24-14)8-4-5-11(29-16(19)20)12(6-8)28-2/h4-7,16H,3H2,1-2H3,(H,25,27,30). The minimum absolute atomic E-state index is 0.0777. The van der Waals surface area contributed by atoms with Gasteiger partial charge in [0.15, 0.2) is 16.3 Å². The van der Waals surface area contributed by atoms with Gasteiger partial charge in [-0.05, 0) is 43.4 Å². The van der Waals surface area contributed by atoms with Crippen LogP contribution in [-0.2, 0) is 12.7 Å². The van der Waals surface area contributed by atoms with E-state index in [4.69, 9.17) is 17.0 Å². The molecule has 0 spiro atoms. The van der Waals surface area contributed by atoms with Crippen molar-refractivity contribution in [1.82, 2.24) is 14.5 Å². The molecule has 30 heavy (non-hydrogen) atoms. The maximum absolute atomic E-state index is 13.7. The van der Waals surface area contributed by atoms with Crippen LogP contribution in [0.2, 0.25) is 0 Å². The first-order valence-electron chi connectivity index (χ1n) is 8.45. The Morgan fingerprint density at radius 3 is 2.50 bits per heavy atom. The maximum atomic E-state index is 13.7. The number of H-pyrrole nitrogens is 1. The van der Waals surface area contributed by atoms with E-state index < -0.39 is 29.3 Å². The summed E-state index contributed by atoms with van der Waals surface area (Å²) in [5, 5.41) is -0.647. The largest absolute Gasteiger partial charge is 0.493 e. The lowest BCUT2D eigenvalue weighted by Gasteiger charge is -2.16. The molecule has 1 aromatic carbocycles. The smallest absolute Gasteiger partial charge is 0.417 e. The molecular weight excluding hydrogens is 433 g/mol. The van der Waals surface area contributed by atoms with Gasteiger partial charge in [-0.1, -0.05) is 0 Å². The monoisotopic (exact) mass is 447 g/mol. The van der Waals surface area contributed by atoms with Crippen molar-refractivity contribution >= 4 is 23.3 Å². The van der Waals surface area contributed by atoms with Gasteiger partial charge in [0.2, 0.25) is 0 Å². The minimum atomic E-state index is -4.86. The molecular formula is C18H14F5N3O3S. The SMILES string of the molecule is CCn1c(=S)[nH]c(=O)c2c(C(F)(F)F)cc(-c3ccc(OC(F)F)c(OC)c3)nc21. The van der Waals surface area contributed by atoms with Crippen molar-refractivity contribution in [3.63, 3.8) is 0 Å². The third kappa shape index (κ3) is 3.99. The molecule has 0 aliphatic carbocycles. The summed E-state index contributed by atoms with van der Waals surface area (Å²) in [6.07, 6.45) is -4.86. The number of alkyl halides is 5. The molecule has 1 N–H and O–H groups in total. The molecule has 0 aliphatic heterocycles. The Balaban J connectivity index is 2.35. The molecule has 0 unspecified atom stereocenters. The van der Waals surface area contributed by atoms with E-state index in [1.807, 2.05) is 0 Å². The molecule has 0 bridgehead atoms. The molecule has 0 radical (unpaired) electrons. The molecule has 0 atom stereocenters. The predicted octanol–water partition coefficient (Wildman–Crippen LogP) is 4.77. The highest BCUT2D eigenvalue weighted by Gasteiger charge is 2.35. The number of ether oxygens (including phenoxy) is 2. The Bertz CT molecular complexity index is 1220. The number of halogens is 5. The predicted molar refractivity (Wildman–Crippen MR) is 100 cm³/mol. The van der Waals surface area contributed by atoms with Gasteiger partial charge in [0.05, 0.1) is 23.8 Å². The lowest BCUT2D eigenvalue weighted by atomic mass is 10.1. The lowest BCUT2D eigenvalue weighted by Crippen LogP contribution is -2.20. The normalized spacial score (nSPS) is 11.9. The molecule has 0 aliphatic rings. The summed E-state index contributed by atoms with van der Waals surface area (Å²) < 4.78 is 76.7. The summed E-state index contributed by atoms with van der Waals surface area (Å²) in [5.74, 6) is -0.414. The summed E-state index contributed by atoms with van der Waals surface area (Å²) in [4.78, 5) is 18.7. The molecule has 6 nitrogen and oxygen atoms in total. The van der Waals surface area contributed by atoms with Gasteiger partial charge in [-0.25, -0.2) is 4.98 Å². The van der Waals surface area contributed by atoms with Crippen molar-refractivity contribution in [2.45, 2.75) is 26.3 Å². The van der Waals surface area contributed by atoms with E-state index in [1.54, 1.807) is 6.92 Å². The number of hydrogen-bond donors (Lipinski definition) is 1. The van der Waals surface area contributed by atoms with Gasteiger partial charge in [0.25, 0.3) is 5.56 Å². The number of methoxy groups -OCH3 is 1. The van der Waals surface area contributed by atoms with Gasteiger partial charge < -0.3 is 14.0 Å². The molecule has 0 saturated heterocycles. The van der Waals surface area contributed by atoms with E-state index >= 15 is 0 Å². The topological polar surface area (TPSA) is 69.1 Å². The zero-order chi connectivity index (χ0) is 22.2. The van der Waals surface area contributed by atoms with Gasteiger partial charge in [-0.15, -0.1) is 0 Å². The van der Waals surface area contributed by atoms with Crippen molar-refractivity contribution in [1.29, 1.82) is 0 Å². The fraction of sp³-hybridized carbons (Fsp3) is 0.278. The van der Waals surface area contributed by atoms with Crippen molar-refractivity contribution in [2.24, 2.45) is 0 Å². The highest BCUT2D eigenvalue weighted by atomic mass is 32.1. The number of pyridine rings is 1. The van der Waals surface area contributed by atoms with Crippen molar-refractivity contribution in [3.8, 4) is 22.8 Å². The fourth-order valence-electron chi connectivity index (χ4n) is 2.96. The molecule has 0 amide bonds. The number of rotatable bonds is 5. The molecule has 160 valence electrons. The second-order valence-electron chi connectivity index (χ2n) is 6.00. The summed E-state index contributed by atoms with van der Waals surface area (Å²) in [7, 11) is 1.19. The number of nitrogens with zero attached hydrogens (tertiary/aromatic N) is 2. The first-order valence-corrected chi connectivity index (χ1v) is 8.86. The Kier molecular flexibility index (Phi) is 5.79. The number of hydrogen-bond acceptors (Lipinski definition) is 5. The van der Waals surface area contributed by atoms with Crippen LogP contribution in [0.1, 0.15) is 12.5 Å². The van der Waals surface area contributed by atoms with Crippen LogP contribution >= 0.6 is 12.2 Å². The average Bonchev–Trinajstić information content (AvgIpc) is 2.66. The summed E-state index contributed by atoms with van der Waals surface area (Å²) in [6, 6.07) is 4.31. The second-order valence-corrected chi connectivity index (χ2v) is 6.39. The van der Waals surface area contributed by atoms with Crippen molar-refractivity contribution in [3.05, 3.63) is 45.0 Å². The number of nitrogens with one attached hydrogen (secondary N) is 1. The number of benzene rings is 1. The van der Waals surface area contributed by atoms with Crippen LogP contribution in [0.4, 0.5) is 22.0 Å². The number of aromatic amines is 1. The molecule has 0 fully saturated rings. The molecule has 12 heteroatoms. The zero-order valence-electron chi connectivity index (χ0n) is 15.5. The van der Waals surface area contributed by atoms with Crippen LogP contribution in [0.15, 0.2) is 29.1 Å². The van der Waals surface area contributed by atoms with Gasteiger partial charge in [-0.2, -0.15) is 22.0 Å². The molecule has 2 aromatic heterocycles. The molecule has 0 saturated carbocycles. The van der Waals surface area contributed by atoms with E-state index in [0.717, 1.165) is 6.07 Å². The van der Waals surface area contributed by atoms with Gasteiger partial charge in [0.1, 0.15) is 5.65 Å². The number of aryl methyl sites for hydroxylation is 1. The fourth-order valence-corrected chi connectivity index (χ4v) is 3.27. The first kappa shape index (κ1) is 21.7. The third-order valence-corrected chi connectivity index (χ3v) is 4.57. The van der Waals surface area contributed by atoms with Gasteiger partial charge in [-0.3, -0.25) is 9.78 Å². The zero-order valence-corrected chi connectivity index (χ0v) is 16.3. The Morgan fingerprint density at radius 1 is 1.23 bits per heavy atom. The van der Waals surface area contributed by atoms with Crippen LogP contribution in [0, 0.1) is 4.77 Å². The van der Waals surface area contributed by atoms with Gasteiger partial charge >= 0.3 is 12.8 Å². The maximum Gasteiger partial charge on any atom is 0.417 e. The Labute approximate surface area is 170 Å². The molecule has 3 aromatic rings. The Hall–Kier alpha value is -3.02. The van der Waals surface area contributed by atoms with Crippen LogP contribution in [0.5, 0.6) is 11.5 Å². The number of aromatic nitrogens is 3. The number of fused-ring (bicyclic) bond motifs is 1. The lowest BCUT2D eigenvalue weighted by molar-refractivity contribution is -0.136. The third-order valence-electron chi connectivity index (χ3n) is 4.25. The van der Waals surface area contributed by atoms with E-state index in [2.05, 4.69) is 14.7 Å². The van der Waals surface area contributed by atoms with E-state index in [9.17, 15) is 26.7 Å². The van der Waals surface area contributed by atoms with Crippen LogP contribution in [-0.4, -0.2) is 28.3 Å². The Morgan fingerprint density at radius 2 is 1.93 bits per heavy atom. The molecule has 3 rings (SSSR count).